The summed E-state index contributed by atoms with van der Waals surface area (Å²) in [5.74, 6) is 0. The average Bonchev–Trinajstić information content (AvgIpc) is 2.50. The van der Waals surface area contributed by atoms with Crippen molar-refractivity contribution in [3.63, 3.8) is 0 Å². The molecule has 103 valence electrons. The predicted octanol–water partition coefficient (Wildman–Crippen LogP) is 2.36. The van der Waals surface area contributed by atoms with E-state index in [-0.39, 0.29) is 0 Å². The number of fused-ring (bicyclic) bond motifs is 2. The van der Waals surface area contributed by atoms with Gasteiger partial charge in [0.15, 0.2) is 0 Å². The number of hydrogen-bond donors (Lipinski definition) is 0. The standard InChI is InChI=1S/C17H20N2.V/c1-2-3-7-10-18-13-16-11-17(14-18)19(16)12-15-8-5-4-6-9-15;/h1-10,16-17H,11-14H2;/b3-2-,10-7?;. The van der Waals surface area contributed by atoms with Crippen molar-refractivity contribution >= 4 is 4.73 Å². The van der Waals surface area contributed by atoms with Gasteiger partial charge in [0.25, 0.3) is 0 Å². The van der Waals surface area contributed by atoms with Crippen LogP contribution in [0.4, 0.5) is 0 Å². The first-order chi connectivity index (χ1) is 9.86. The van der Waals surface area contributed by atoms with E-state index in [1.165, 1.54) is 25.1 Å². The van der Waals surface area contributed by atoms with Gasteiger partial charge in [0.05, 0.1) is 0 Å². The average molecular weight is 303 g/mol. The number of piperazine rings is 1. The van der Waals surface area contributed by atoms with Gasteiger partial charge in [0, 0.05) is 0 Å². The van der Waals surface area contributed by atoms with Gasteiger partial charge in [-0.25, -0.2) is 0 Å². The number of hydrogen-bond acceptors (Lipinski definition) is 2. The van der Waals surface area contributed by atoms with Crippen LogP contribution in [0.2, 0.25) is 0 Å². The minimum Gasteiger partial charge on any atom is -0.0622 e. The van der Waals surface area contributed by atoms with Crippen LogP contribution in [0.25, 0.3) is 0 Å². The molecule has 3 aliphatic heterocycles. The zero-order valence-electron chi connectivity index (χ0n) is 11.6. The third-order valence-corrected chi connectivity index (χ3v) is 4.45. The fraction of sp³-hybridized carbons (Fsp3) is 0.353. The fourth-order valence-corrected chi connectivity index (χ4v) is 3.33. The van der Waals surface area contributed by atoms with E-state index in [1.807, 2.05) is 10.8 Å². The topological polar surface area (TPSA) is 6.48 Å². The Kier molecular flexibility index (Phi) is 4.56. The van der Waals surface area contributed by atoms with Crippen LogP contribution in [0.3, 0.4) is 0 Å². The molecule has 0 radical (unpaired) electrons. The number of nitrogens with zero attached hydrogens (tertiary/aromatic N) is 2. The monoisotopic (exact) mass is 303 g/mol. The smallest absolute Gasteiger partial charge is 0.0622 e. The molecule has 0 spiro atoms. The van der Waals surface area contributed by atoms with Crippen molar-refractivity contribution < 1.29 is 17.0 Å². The van der Waals surface area contributed by atoms with E-state index in [9.17, 15) is 0 Å². The Labute approximate surface area is 130 Å². The molecule has 0 saturated carbocycles. The SMILES string of the molecule is [V]=[CH]/C=C\C=CN1CC2CC(C1)N2Cc1ccccc1. The van der Waals surface area contributed by atoms with Gasteiger partial charge < -0.3 is 0 Å². The van der Waals surface area contributed by atoms with Gasteiger partial charge in [-0.1, -0.05) is 18.2 Å². The first-order valence-corrected chi connectivity index (χ1v) is 8.02. The Balaban J connectivity index is 1.53. The third-order valence-electron chi connectivity index (χ3n) is 4.19. The van der Waals surface area contributed by atoms with Crippen LogP contribution in [-0.4, -0.2) is 39.7 Å². The van der Waals surface area contributed by atoms with E-state index in [0.717, 1.165) is 18.6 Å². The van der Waals surface area contributed by atoms with Crippen LogP contribution in [0, 0.1) is 0 Å². The van der Waals surface area contributed by atoms with Crippen molar-refractivity contribution in [3.8, 4) is 0 Å². The maximum atomic E-state index is 2.66. The summed E-state index contributed by atoms with van der Waals surface area (Å²) in [7, 11) is 0. The molecule has 3 saturated heterocycles. The third kappa shape index (κ3) is 3.14. The van der Waals surface area contributed by atoms with Gasteiger partial charge in [0.1, 0.15) is 0 Å². The summed E-state index contributed by atoms with van der Waals surface area (Å²) >= 11 is 2.45. The van der Waals surface area contributed by atoms with E-state index in [2.05, 4.69) is 75.5 Å². The van der Waals surface area contributed by atoms with E-state index < -0.39 is 0 Å². The molecule has 1 aromatic rings. The van der Waals surface area contributed by atoms with Gasteiger partial charge in [-0.2, -0.15) is 0 Å². The Morgan fingerprint density at radius 3 is 2.50 bits per heavy atom. The van der Waals surface area contributed by atoms with Crippen molar-refractivity contribution in [1.82, 2.24) is 9.80 Å². The van der Waals surface area contributed by atoms with E-state index >= 15 is 0 Å². The quantitative estimate of drug-likeness (QED) is 0.771. The van der Waals surface area contributed by atoms with Crippen LogP contribution >= 0.6 is 0 Å². The zero-order chi connectivity index (χ0) is 13.8. The van der Waals surface area contributed by atoms with Crippen molar-refractivity contribution in [2.75, 3.05) is 13.1 Å². The second kappa shape index (κ2) is 6.58. The van der Waals surface area contributed by atoms with Gasteiger partial charge >= 0.3 is 112 Å². The Morgan fingerprint density at radius 2 is 1.80 bits per heavy atom. The molecule has 3 heteroatoms. The Bertz CT molecular complexity index is 497. The number of rotatable bonds is 5. The van der Waals surface area contributed by atoms with Crippen molar-refractivity contribution in [2.24, 2.45) is 0 Å². The van der Waals surface area contributed by atoms with Crippen LogP contribution in [0.5, 0.6) is 0 Å². The predicted molar refractivity (Wildman–Crippen MR) is 80.1 cm³/mol. The second-order valence-corrected chi connectivity index (χ2v) is 6.00. The van der Waals surface area contributed by atoms with E-state index in [0.29, 0.717) is 0 Å². The molecule has 1 aromatic carbocycles. The second-order valence-electron chi connectivity index (χ2n) is 5.53. The van der Waals surface area contributed by atoms with E-state index in [4.69, 9.17) is 0 Å². The summed E-state index contributed by atoms with van der Waals surface area (Å²) in [6.07, 6.45) is 9.86. The molecule has 0 N–H and O–H groups in total. The van der Waals surface area contributed by atoms with Gasteiger partial charge in [-0.3, -0.25) is 0 Å². The maximum absolute atomic E-state index is 2.66. The van der Waals surface area contributed by atoms with Crippen LogP contribution < -0.4 is 0 Å². The molecule has 0 aromatic heterocycles. The number of allylic oxidation sites excluding steroid dienone is 3. The molecule has 4 rings (SSSR count). The van der Waals surface area contributed by atoms with Gasteiger partial charge in [-0.05, 0) is 0 Å². The minimum atomic E-state index is 0.733. The molecule has 3 heterocycles. The minimum absolute atomic E-state index is 0.733. The van der Waals surface area contributed by atoms with Crippen LogP contribution in [0.15, 0.2) is 54.8 Å². The fourth-order valence-electron chi connectivity index (χ4n) is 3.18. The van der Waals surface area contributed by atoms with E-state index in [1.54, 1.807) is 0 Å². The Morgan fingerprint density at radius 1 is 1.05 bits per heavy atom. The first-order valence-electron chi connectivity index (χ1n) is 7.21. The number of piperidine rings is 1. The molecule has 2 unspecified atom stereocenters. The molecule has 20 heavy (non-hydrogen) atoms. The summed E-state index contributed by atoms with van der Waals surface area (Å²) in [4.78, 5) is 5.11. The molecule has 2 bridgehead atoms. The summed E-state index contributed by atoms with van der Waals surface area (Å²) in [5, 5.41) is 0. The molecular formula is C17H20N2V. The summed E-state index contributed by atoms with van der Waals surface area (Å²) in [5.41, 5.74) is 1.44. The molecular weight excluding hydrogens is 283 g/mol. The van der Waals surface area contributed by atoms with Crippen molar-refractivity contribution in [3.05, 3.63) is 60.3 Å². The van der Waals surface area contributed by atoms with Gasteiger partial charge in [0.2, 0.25) is 0 Å². The van der Waals surface area contributed by atoms with Crippen LogP contribution in [-0.2, 0) is 23.5 Å². The zero-order valence-corrected chi connectivity index (χ0v) is 13.0. The van der Waals surface area contributed by atoms with Crippen molar-refractivity contribution in [1.29, 1.82) is 0 Å². The van der Waals surface area contributed by atoms with Gasteiger partial charge in [-0.15, -0.1) is 0 Å². The molecule has 2 atom stereocenters. The normalized spacial score (nSPS) is 26.1. The Hall–Kier alpha value is -1.09. The summed E-state index contributed by atoms with van der Waals surface area (Å²) in [6.45, 7) is 3.44. The first kappa shape index (κ1) is 13.9. The molecule has 3 aliphatic rings. The molecule has 3 fully saturated rings. The summed E-state index contributed by atoms with van der Waals surface area (Å²) < 4.78 is 1.99. The molecule has 0 aliphatic carbocycles. The number of benzene rings is 1. The van der Waals surface area contributed by atoms with Crippen molar-refractivity contribution in [2.45, 2.75) is 25.0 Å². The summed E-state index contributed by atoms with van der Waals surface area (Å²) in [6, 6.07) is 12.3. The van der Waals surface area contributed by atoms with Crippen LogP contribution in [0.1, 0.15) is 12.0 Å². The molecule has 0 amide bonds. The molecule has 2 nitrogen and oxygen atoms in total.